The largest absolute Gasteiger partial charge is 0.428 e. The molecular weight excluding hydrogens is 272 g/mol. The Hall–Kier alpha value is -3.07. The van der Waals surface area contributed by atoms with E-state index in [1.807, 2.05) is 0 Å². The Bertz CT molecular complexity index is 712. The Morgan fingerprint density at radius 3 is 2.76 bits per heavy atom. The van der Waals surface area contributed by atoms with Crippen molar-refractivity contribution in [3.8, 4) is 11.8 Å². The number of hydrogen-bond acceptors (Lipinski definition) is 5. The topological polar surface area (TPSA) is 81.3 Å². The highest BCUT2D eigenvalue weighted by molar-refractivity contribution is 5.90. The summed E-state index contributed by atoms with van der Waals surface area (Å²) in [4.78, 5) is 22.4. The van der Waals surface area contributed by atoms with Gasteiger partial charge in [-0.1, -0.05) is 6.07 Å². The molecule has 1 aromatic heterocycles. The van der Waals surface area contributed by atoms with E-state index >= 15 is 0 Å². The van der Waals surface area contributed by atoms with Gasteiger partial charge in [0.25, 0.3) is 0 Å². The first-order chi connectivity index (χ1) is 10.1. The molecule has 2 aromatic rings. The monoisotopic (exact) mass is 284 g/mol. The molecule has 106 valence electrons. The van der Waals surface area contributed by atoms with Gasteiger partial charge in [0.1, 0.15) is 11.8 Å². The molecule has 0 saturated heterocycles. The van der Waals surface area contributed by atoms with Gasteiger partial charge in [-0.3, -0.25) is 4.79 Å². The highest BCUT2D eigenvalue weighted by atomic mass is 16.7. The number of benzene rings is 1. The predicted octanol–water partition coefficient (Wildman–Crippen LogP) is 2.03. The highest BCUT2D eigenvalue weighted by Crippen LogP contribution is 2.14. The van der Waals surface area contributed by atoms with E-state index in [1.165, 1.54) is 6.92 Å². The fourth-order valence-corrected chi connectivity index (χ4v) is 1.73. The SMILES string of the molecule is CC(=O)OCOC(=O)c1cccc(-n2cccc2C#N)c1. The number of ether oxygens (including phenoxy) is 2. The molecule has 21 heavy (non-hydrogen) atoms. The normalized spacial score (nSPS) is 9.71. The Morgan fingerprint density at radius 2 is 2.05 bits per heavy atom. The molecular formula is C15H12N2O4. The molecule has 0 radical (unpaired) electrons. The van der Waals surface area contributed by atoms with Crippen LogP contribution in [0.15, 0.2) is 42.6 Å². The standard InChI is InChI=1S/C15H12N2O4/c1-11(18)20-10-21-15(19)12-4-2-5-13(8-12)17-7-3-6-14(17)9-16/h2-8H,10H2,1H3. The first kappa shape index (κ1) is 14.3. The summed E-state index contributed by atoms with van der Waals surface area (Å²) < 4.78 is 11.0. The summed E-state index contributed by atoms with van der Waals surface area (Å²) in [5, 5.41) is 9.00. The van der Waals surface area contributed by atoms with Crippen molar-refractivity contribution in [3.05, 3.63) is 53.9 Å². The maximum Gasteiger partial charge on any atom is 0.341 e. The van der Waals surface area contributed by atoms with Gasteiger partial charge in [-0.05, 0) is 30.3 Å². The molecule has 0 spiro atoms. The third-order valence-corrected chi connectivity index (χ3v) is 2.68. The van der Waals surface area contributed by atoms with Gasteiger partial charge in [0, 0.05) is 18.8 Å². The van der Waals surface area contributed by atoms with E-state index in [4.69, 9.17) is 10.00 Å². The second-order valence-electron chi connectivity index (χ2n) is 4.11. The van der Waals surface area contributed by atoms with Gasteiger partial charge in [-0.15, -0.1) is 0 Å². The van der Waals surface area contributed by atoms with Gasteiger partial charge in [-0.25, -0.2) is 4.79 Å². The van der Waals surface area contributed by atoms with Crippen molar-refractivity contribution in [3.63, 3.8) is 0 Å². The maximum atomic E-state index is 11.8. The van der Waals surface area contributed by atoms with Gasteiger partial charge in [-0.2, -0.15) is 5.26 Å². The van der Waals surface area contributed by atoms with Crippen LogP contribution in [0, 0.1) is 11.3 Å². The number of carbonyl (C=O) groups excluding carboxylic acids is 2. The van der Waals surface area contributed by atoms with Crippen molar-refractivity contribution in [1.29, 1.82) is 5.26 Å². The molecule has 0 amide bonds. The lowest BCUT2D eigenvalue weighted by Crippen LogP contribution is -2.11. The lowest BCUT2D eigenvalue weighted by Gasteiger charge is -2.08. The number of rotatable bonds is 4. The molecule has 0 atom stereocenters. The van der Waals surface area contributed by atoms with Crippen molar-refractivity contribution in [2.24, 2.45) is 0 Å². The van der Waals surface area contributed by atoms with Gasteiger partial charge in [0.2, 0.25) is 6.79 Å². The zero-order valence-electron chi connectivity index (χ0n) is 11.3. The number of esters is 2. The Kier molecular flexibility index (Phi) is 4.36. The van der Waals surface area contributed by atoms with E-state index in [2.05, 4.69) is 10.8 Å². The lowest BCUT2D eigenvalue weighted by atomic mass is 10.2. The van der Waals surface area contributed by atoms with Gasteiger partial charge in [0.05, 0.1) is 5.56 Å². The Balaban J connectivity index is 2.16. The van der Waals surface area contributed by atoms with Crippen LogP contribution < -0.4 is 0 Å². The smallest absolute Gasteiger partial charge is 0.341 e. The highest BCUT2D eigenvalue weighted by Gasteiger charge is 2.10. The molecule has 0 N–H and O–H groups in total. The van der Waals surface area contributed by atoms with Crippen LogP contribution in [0.25, 0.3) is 5.69 Å². The Morgan fingerprint density at radius 1 is 1.24 bits per heavy atom. The fraction of sp³-hybridized carbons (Fsp3) is 0.133. The summed E-state index contributed by atoms with van der Waals surface area (Å²) in [6, 6.07) is 12.1. The molecule has 0 bridgehead atoms. The molecule has 0 fully saturated rings. The minimum Gasteiger partial charge on any atom is -0.428 e. The van der Waals surface area contributed by atoms with Gasteiger partial charge < -0.3 is 14.0 Å². The van der Waals surface area contributed by atoms with Crippen molar-refractivity contribution in [2.75, 3.05) is 6.79 Å². The molecule has 1 heterocycles. The van der Waals surface area contributed by atoms with E-state index < -0.39 is 18.7 Å². The van der Waals surface area contributed by atoms with Crippen molar-refractivity contribution in [1.82, 2.24) is 4.57 Å². The first-order valence-electron chi connectivity index (χ1n) is 6.10. The van der Waals surface area contributed by atoms with Crippen LogP contribution in [0.4, 0.5) is 0 Å². The Labute approximate surface area is 121 Å². The third-order valence-electron chi connectivity index (χ3n) is 2.68. The average Bonchev–Trinajstić information content (AvgIpc) is 2.95. The van der Waals surface area contributed by atoms with Crippen LogP contribution in [-0.4, -0.2) is 23.3 Å². The zero-order valence-corrected chi connectivity index (χ0v) is 11.3. The zero-order chi connectivity index (χ0) is 15.2. The first-order valence-corrected chi connectivity index (χ1v) is 6.10. The summed E-state index contributed by atoms with van der Waals surface area (Å²) in [5.74, 6) is -1.13. The van der Waals surface area contributed by atoms with Crippen molar-refractivity contribution < 1.29 is 19.1 Å². The molecule has 6 nitrogen and oxygen atoms in total. The maximum absolute atomic E-state index is 11.8. The number of nitriles is 1. The van der Waals surface area contributed by atoms with E-state index in [0.717, 1.165) is 0 Å². The van der Waals surface area contributed by atoms with Crippen LogP contribution in [-0.2, 0) is 14.3 Å². The molecule has 6 heteroatoms. The number of carbonyl (C=O) groups is 2. The number of hydrogen-bond donors (Lipinski definition) is 0. The molecule has 1 aromatic carbocycles. The summed E-state index contributed by atoms with van der Waals surface area (Å²) in [7, 11) is 0. The molecule has 0 aliphatic carbocycles. The minimum absolute atomic E-state index is 0.303. The average molecular weight is 284 g/mol. The van der Waals surface area contributed by atoms with E-state index in [9.17, 15) is 9.59 Å². The van der Waals surface area contributed by atoms with Crippen LogP contribution in [0.2, 0.25) is 0 Å². The lowest BCUT2D eigenvalue weighted by molar-refractivity contribution is -0.149. The number of nitrogens with zero attached hydrogens (tertiary/aromatic N) is 2. The van der Waals surface area contributed by atoms with Crippen molar-refractivity contribution in [2.45, 2.75) is 6.92 Å². The molecule has 0 aliphatic rings. The fourth-order valence-electron chi connectivity index (χ4n) is 1.73. The van der Waals surface area contributed by atoms with Gasteiger partial charge >= 0.3 is 11.9 Å². The summed E-state index contributed by atoms with van der Waals surface area (Å²) in [5.41, 5.74) is 1.43. The summed E-state index contributed by atoms with van der Waals surface area (Å²) in [6.07, 6.45) is 1.72. The van der Waals surface area contributed by atoms with Gasteiger partial charge in [0.15, 0.2) is 0 Å². The third kappa shape index (κ3) is 3.48. The van der Waals surface area contributed by atoms with Crippen LogP contribution in [0.3, 0.4) is 0 Å². The minimum atomic E-state index is -0.608. The van der Waals surface area contributed by atoms with E-state index in [1.54, 1.807) is 47.2 Å². The molecule has 0 saturated carbocycles. The van der Waals surface area contributed by atoms with Crippen LogP contribution in [0.5, 0.6) is 0 Å². The van der Waals surface area contributed by atoms with E-state index in [0.29, 0.717) is 16.9 Å². The predicted molar refractivity (Wildman–Crippen MR) is 72.5 cm³/mol. The quantitative estimate of drug-likeness (QED) is 0.633. The summed E-state index contributed by atoms with van der Waals surface area (Å²) in [6.45, 7) is 0.801. The molecule has 0 unspecified atom stereocenters. The van der Waals surface area contributed by atoms with Crippen LogP contribution in [0.1, 0.15) is 23.0 Å². The van der Waals surface area contributed by atoms with Crippen LogP contribution >= 0.6 is 0 Å². The molecule has 0 aliphatic heterocycles. The van der Waals surface area contributed by atoms with E-state index in [-0.39, 0.29) is 0 Å². The number of aromatic nitrogens is 1. The second-order valence-corrected chi connectivity index (χ2v) is 4.11. The summed E-state index contributed by atoms with van der Waals surface area (Å²) >= 11 is 0. The van der Waals surface area contributed by atoms with Crippen molar-refractivity contribution >= 4 is 11.9 Å². The molecule has 2 rings (SSSR count). The second kappa shape index (κ2) is 6.39.